The lowest BCUT2D eigenvalue weighted by molar-refractivity contribution is -0.122. The molecule has 1 saturated heterocycles. The van der Waals surface area contributed by atoms with Crippen LogP contribution in [0.2, 0.25) is 0 Å². The molecular formula is C19H27N3O2. The maximum atomic E-state index is 12.4. The summed E-state index contributed by atoms with van der Waals surface area (Å²) in [5.41, 5.74) is 2.62. The summed E-state index contributed by atoms with van der Waals surface area (Å²) in [5.74, 6) is -0.0761. The Bertz CT molecular complexity index is 627. The summed E-state index contributed by atoms with van der Waals surface area (Å²) < 4.78 is 0. The van der Waals surface area contributed by atoms with Crippen LogP contribution in [0.25, 0.3) is 0 Å². The fourth-order valence-electron chi connectivity index (χ4n) is 3.80. The van der Waals surface area contributed by atoms with Gasteiger partial charge in [0.1, 0.15) is 6.04 Å². The highest BCUT2D eigenvalue weighted by Crippen LogP contribution is 2.41. The predicted molar refractivity (Wildman–Crippen MR) is 93.8 cm³/mol. The Balaban J connectivity index is 1.67. The van der Waals surface area contributed by atoms with Crippen LogP contribution in [0.15, 0.2) is 24.3 Å². The Labute approximate surface area is 143 Å². The molecular weight excluding hydrogens is 302 g/mol. The first kappa shape index (κ1) is 16.8. The third-order valence-corrected chi connectivity index (χ3v) is 5.27. The van der Waals surface area contributed by atoms with Gasteiger partial charge in [-0.3, -0.25) is 4.79 Å². The van der Waals surface area contributed by atoms with Gasteiger partial charge in [0.2, 0.25) is 5.91 Å². The van der Waals surface area contributed by atoms with Crippen LogP contribution >= 0.6 is 0 Å². The van der Waals surface area contributed by atoms with Crippen molar-refractivity contribution in [2.75, 3.05) is 6.54 Å². The predicted octanol–water partition coefficient (Wildman–Crippen LogP) is 2.77. The third kappa shape index (κ3) is 3.55. The molecule has 2 aliphatic rings. The van der Waals surface area contributed by atoms with E-state index in [4.69, 9.17) is 0 Å². The molecule has 5 heteroatoms. The Morgan fingerprint density at radius 1 is 1.12 bits per heavy atom. The van der Waals surface area contributed by atoms with E-state index in [1.807, 2.05) is 6.07 Å². The van der Waals surface area contributed by atoms with Crippen LogP contribution in [-0.2, 0) is 10.2 Å². The van der Waals surface area contributed by atoms with Crippen molar-refractivity contribution in [2.24, 2.45) is 0 Å². The van der Waals surface area contributed by atoms with Crippen LogP contribution in [0.4, 0.5) is 4.79 Å². The second-order valence-electron chi connectivity index (χ2n) is 7.52. The summed E-state index contributed by atoms with van der Waals surface area (Å²) >= 11 is 0. The van der Waals surface area contributed by atoms with Crippen molar-refractivity contribution in [1.82, 2.24) is 16.0 Å². The molecule has 130 valence electrons. The summed E-state index contributed by atoms with van der Waals surface area (Å²) in [4.78, 5) is 24.4. The van der Waals surface area contributed by atoms with Gasteiger partial charge >= 0.3 is 6.03 Å². The molecule has 1 aliphatic heterocycles. The molecule has 0 saturated carbocycles. The zero-order valence-corrected chi connectivity index (χ0v) is 14.5. The number of hydrogen-bond donors (Lipinski definition) is 3. The summed E-state index contributed by atoms with van der Waals surface area (Å²) in [6.07, 6.45) is 4.56. The smallest absolute Gasteiger partial charge is 0.315 e. The van der Waals surface area contributed by atoms with Crippen molar-refractivity contribution in [1.29, 1.82) is 0 Å². The standard InChI is InChI=1S/C19H27N3O2/c1-19(2)11-10-15(13-7-3-4-8-14(13)19)21-18(24)22-16-9-5-6-12-20-17(16)23/h3-4,7-8,15-16H,5-6,9-12H2,1-2H3,(H,20,23)(H2,21,22,24). The minimum absolute atomic E-state index is 0.00284. The van der Waals surface area contributed by atoms with E-state index in [9.17, 15) is 9.59 Å². The van der Waals surface area contributed by atoms with Gasteiger partial charge in [0.15, 0.2) is 0 Å². The minimum Gasteiger partial charge on any atom is -0.354 e. The molecule has 1 aromatic carbocycles. The normalized spacial score (nSPS) is 25.8. The summed E-state index contributed by atoms with van der Waals surface area (Å²) in [6, 6.07) is 7.64. The summed E-state index contributed by atoms with van der Waals surface area (Å²) in [6.45, 7) is 5.19. The van der Waals surface area contributed by atoms with Crippen LogP contribution < -0.4 is 16.0 Å². The Morgan fingerprint density at radius 2 is 1.88 bits per heavy atom. The molecule has 0 radical (unpaired) electrons. The lowest BCUT2D eigenvalue weighted by atomic mass is 9.71. The van der Waals surface area contributed by atoms with E-state index >= 15 is 0 Å². The lowest BCUT2D eigenvalue weighted by Crippen LogP contribution is -2.50. The van der Waals surface area contributed by atoms with E-state index in [0.717, 1.165) is 25.7 Å². The van der Waals surface area contributed by atoms with E-state index in [1.165, 1.54) is 11.1 Å². The van der Waals surface area contributed by atoms with Crippen molar-refractivity contribution in [2.45, 2.75) is 63.5 Å². The number of rotatable bonds is 2. The monoisotopic (exact) mass is 329 g/mol. The number of benzene rings is 1. The van der Waals surface area contributed by atoms with Crippen LogP contribution in [0.5, 0.6) is 0 Å². The van der Waals surface area contributed by atoms with Crippen molar-refractivity contribution in [3.05, 3.63) is 35.4 Å². The van der Waals surface area contributed by atoms with E-state index in [2.05, 4.69) is 48.0 Å². The first-order chi connectivity index (χ1) is 11.5. The highest BCUT2D eigenvalue weighted by molar-refractivity contribution is 5.87. The number of amides is 3. The van der Waals surface area contributed by atoms with Gasteiger partial charge in [-0.2, -0.15) is 0 Å². The Kier molecular flexibility index (Phi) is 4.78. The Morgan fingerprint density at radius 3 is 2.71 bits per heavy atom. The summed E-state index contributed by atoms with van der Waals surface area (Å²) in [5, 5.41) is 8.76. The van der Waals surface area contributed by atoms with Crippen molar-refractivity contribution in [3.8, 4) is 0 Å². The topological polar surface area (TPSA) is 70.2 Å². The van der Waals surface area contributed by atoms with Gasteiger partial charge in [-0.15, -0.1) is 0 Å². The third-order valence-electron chi connectivity index (χ3n) is 5.27. The molecule has 1 aliphatic carbocycles. The second kappa shape index (κ2) is 6.83. The molecule has 0 aromatic heterocycles. The van der Waals surface area contributed by atoms with Gasteiger partial charge in [0.05, 0.1) is 6.04 Å². The number of hydrogen-bond acceptors (Lipinski definition) is 2. The van der Waals surface area contributed by atoms with Crippen LogP contribution in [0.3, 0.4) is 0 Å². The van der Waals surface area contributed by atoms with E-state index in [0.29, 0.717) is 13.0 Å². The molecule has 1 aromatic rings. The highest BCUT2D eigenvalue weighted by Gasteiger charge is 2.33. The number of fused-ring (bicyclic) bond motifs is 1. The fourth-order valence-corrected chi connectivity index (χ4v) is 3.80. The average molecular weight is 329 g/mol. The second-order valence-corrected chi connectivity index (χ2v) is 7.52. The largest absolute Gasteiger partial charge is 0.354 e. The molecule has 2 atom stereocenters. The van der Waals surface area contributed by atoms with Gasteiger partial charge in [-0.25, -0.2) is 4.79 Å². The van der Waals surface area contributed by atoms with Gasteiger partial charge in [-0.05, 0) is 48.6 Å². The minimum atomic E-state index is -0.428. The number of urea groups is 1. The quantitative estimate of drug-likeness (QED) is 0.781. The SMILES string of the molecule is CC1(C)CCC(NC(=O)NC2CCCCNC2=O)c2ccccc21. The zero-order valence-electron chi connectivity index (χ0n) is 14.5. The van der Waals surface area contributed by atoms with Crippen LogP contribution in [0.1, 0.15) is 63.1 Å². The molecule has 3 amide bonds. The zero-order chi connectivity index (χ0) is 17.2. The van der Waals surface area contributed by atoms with E-state index < -0.39 is 6.04 Å². The molecule has 3 N–H and O–H groups in total. The Hall–Kier alpha value is -2.04. The first-order valence-electron chi connectivity index (χ1n) is 8.91. The van der Waals surface area contributed by atoms with Crippen LogP contribution in [-0.4, -0.2) is 24.5 Å². The maximum absolute atomic E-state index is 12.4. The molecule has 3 rings (SSSR count). The molecule has 0 bridgehead atoms. The molecule has 2 unspecified atom stereocenters. The number of carbonyl (C=O) groups excluding carboxylic acids is 2. The number of nitrogens with one attached hydrogen (secondary N) is 3. The number of carbonyl (C=O) groups is 2. The van der Waals surface area contributed by atoms with Crippen molar-refractivity contribution < 1.29 is 9.59 Å². The fraction of sp³-hybridized carbons (Fsp3) is 0.579. The molecule has 24 heavy (non-hydrogen) atoms. The summed E-state index contributed by atoms with van der Waals surface area (Å²) in [7, 11) is 0. The van der Waals surface area contributed by atoms with E-state index in [1.54, 1.807) is 0 Å². The average Bonchev–Trinajstić information content (AvgIpc) is 2.75. The van der Waals surface area contributed by atoms with Gasteiger partial charge in [0.25, 0.3) is 0 Å². The van der Waals surface area contributed by atoms with Gasteiger partial charge < -0.3 is 16.0 Å². The first-order valence-corrected chi connectivity index (χ1v) is 8.91. The highest BCUT2D eigenvalue weighted by atomic mass is 16.2. The van der Waals surface area contributed by atoms with Crippen molar-refractivity contribution in [3.63, 3.8) is 0 Å². The van der Waals surface area contributed by atoms with E-state index in [-0.39, 0.29) is 23.4 Å². The molecule has 0 spiro atoms. The lowest BCUT2D eigenvalue weighted by Gasteiger charge is -2.37. The van der Waals surface area contributed by atoms with Gasteiger partial charge in [-0.1, -0.05) is 38.1 Å². The van der Waals surface area contributed by atoms with Crippen molar-refractivity contribution >= 4 is 11.9 Å². The molecule has 1 heterocycles. The molecule has 5 nitrogen and oxygen atoms in total. The van der Waals surface area contributed by atoms with Crippen LogP contribution in [0, 0.1) is 0 Å². The maximum Gasteiger partial charge on any atom is 0.315 e. The molecule has 1 fully saturated rings. The van der Waals surface area contributed by atoms with Gasteiger partial charge in [0, 0.05) is 6.54 Å².